The van der Waals surface area contributed by atoms with Gasteiger partial charge in [0.25, 0.3) is 0 Å². The summed E-state index contributed by atoms with van der Waals surface area (Å²) < 4.78 is 32.1. The molecule has 2 unspecified atom stereocenters. The third kappa shape index (κ3) is 3.22. The van der Waals surface area contributed by atoms with Gasteiger partial charge >= 0.3 is 193 Å². The zero-order valence-electron chi connectivity index (χ0n) is 19.4. The van der Waals surface area contributed by atoms with Crippen LogP contribution in [0.3, 0.4) is 0 Å². The van der Waals surface area contributed by atoms with E-state index in [4.69, 9.17) is 0 Å². The minimum absolute atomic E-state index is 0.710. The quantitative estimate of drug-likeness (QED) is 0.386. The van der Waals surface area contributed by atoms with Gasteiger partial charge in [0, 0.05) is 0 Å². The summed E-state index contributed by atoms with van der Waals surface area (Å²) in [6.07, 6.45) is 3.70. The van der Waals surface area contributed by atoms with Crippen molar-refractivity contribution in [2.75, 3.05) is 0 Å². The molecule has 2 atom stereocenters. The average molecular weight is 498 g/mol. The molecule has 0 aliphatic heterocycles. The summed E-state index contributed by atoms with van der Waals surface area (Å²) in [5.74, 6) is 0. The molecule has 4 rings (SSSR count). The number of hydrogen-bond donors (Lipinski definition) is 0. The Hall–Kier alpha value is -1.60. The van der Waals surface area contributed by atoms with Crippen LogP contribution in [-0.2, 0) is 21.5 Å². The molecule has 3 heteroatoms. The van der Waals surface area contributed by atoms with Crippen LogP contribution in [0.2, 0.25) is 3.12 Å². The van der Waals surface area contributed by atoms with E-state index in [0.29, 0.717) is 0 Å². The maximum absolute atomic E-state index is 17.0. The molecule has 2 aliphatic carbocycles. The van der Waals surface area contributed by atoms with Crippen molar-refractivity contribution in [2.24, 2.45) is 0 Å². The van der Waals surface area contributed by atoms with Crippen LogP contribution in [0, 0.1) is 0 Å². The molecule has 162 valence electrons. The molecule has 0 fully saturated rings. The molecule has 0 bridgehead atoms. The SMILES string of the molecule is CCCC1=C(C)C(C)=C(C)[C]1(C)[Zr]([F])([F])[CH]1C(C)=Cc2c(-c3ccccc3)cccc21. The van der Waals surface area contributed by atoms with E-state index in [1.54, 1.807) is 0 Å². The van der Waals surface area contributed by atoms with Gasteiger partial charge in [-0.25, -0.2) is 0 Å². The third-order valence-electron chi connectivity index (χ3n) is 7.82. The molecule has 31 heavy (non-hydrogen) atoms. The van der Waals surface area contributed by atoms with E-state index < -0.39 is 28.2 Å². The van der Waals surface area contributed by atoms with Crippen LogP contribution in [0.1, 0.15) is 69.1 Å². The summed E-state index contributed by atoms with van der Waals surface area (Å²) in [7, 11) is 0. The fraction of sp³-hybridized carbons (Fsp3) is 0.357. The molecule has 0 aromatic heterocycles. The second-order valence-electron chi connectivity index (χ2n) is 9.35. The second kappa shape index (κ2) is 8.07. The van der Waals surface area contributed by atoms with Gasteiger partial charge in [-0.2, -0.15) is 0 Å². The molecule has 0 radical (unpaired) electrons. The monoisotopic (exact) mass is 496 g/mol. The van der Waals surface area contributed by atoms with Crippen molar-refractivity contribution in [1.82, 2.24) is 0 Å². The maximum atomic E-state index is 17.0. The first-order valence-electron chi connectivity index (χ1n) is 11.3. The topological polar surface area (TPSA) is 0 Å². The Balaban J connectivity index is 1.88. The van der Waals surface area contributed by atoms with Gasteiger partial charge in [-0.1, -0.05) is 0 Å². The summed E-state index contributed by atoms with van der Waals surface area (Å²) in [5.41, 5.74) is 8.92. The van der Waals surface area contributed by atoms with Gasteiger partial charge in [0.1, 0.15) is 0 Å². The van der Waals surface area contributed by atoms with E-state index in [-0.39, 0.29) is 0 Å². The van der Waals surface area contributed by atoms with Gasteiger partial charge in [0.2, 0.25) is 0 Å². The Morgan fingerprint density at radius 3 is 2.23 bits per heavy atom. The van der Waals surface area contributed by atoms with Crippen LogP contribution in [0.4, 0.5) is 5.25 Å². The Bertz CT molecular complexity index is 1120. The van der Waals surface area contributed by atoms with Crippen LogP contribution in [0.25, 0.3) is 17.2 Å². The van der Waals surface area contributed by atoms with E-state index in [1.807, 2.05) is 64.1 Å². The van der Waals surface area contributed by atoms with Gasteiger partial charge in [-0.15, -0.1) is 0 Å². The number of allylic oxidation sites excluding steroid dienone is 5. The standard InChI is InChI=1S/C16H13.C12H19.2FH.Zr/c1-12-10-14-8-5-9-15(16(14)11-12)13-6-3-2-4-7-13;1-6-7-12-10(4)8(2)9(3)11(12)5;;;/h2-11H,1H3;6-7H2,1-5H3;2*1H;/q;;;;+2/p-2. The summed E-state index contributed by atoms with van der Waals surface area (Å²) in [4.78, 5) is 0. The Morgan fingerprint density at radius 1 is 0.903 bits per heavy atom. The molecule has 0 saturated heterocycles. The van der Waals surface area contributed by atoms with Gasteiger partial charge in [-0.3, -0.25) is 0 Å². The Kier molecular flexibility index (Phi) is 5.88. The van der Waals surface area contributed by atoms with Gasteiger partial charge in [0.15, 0.2) is 0 Å². The van der Waals surface area contributed by atoms with Gasteiger partial charge in [-0.05, 0) is 0 Å². The molecule has 0 saturated carbocycles. The summed E-state index contributed by atoms with van der Waals surface area (Å²) in [5, 5.41) is 0. The van der Waals surface area contributed by atoms with Crippen LogP contribution < -0.4 is 0 Å². The van der Waals surface area contributed by atoms with E-state index in [9.17, 15) is 0 Å². The summed E-state index contributed by atoms with van der Waals surface area (Å²) in [6, 6.07) is 16.1. The van der Waals surface area contributed by atoms with Crippen molar-refractivity contribution >= 4 is 6.08 Å². The molecule has 2 aliphatic rings. The van der Waals surface area contributed by atoms with Crippen molar-refractivity contribution in [3.63, 3.8) is 0 Å². The normalized spacial score (nSPS) is 23.5. The molecule has 0 nitrogen and oxygen atoms in total. The first-order chi connectivity index (χ1) is 14.7. The first-order valence-corrected chi connectivity index (χ1v) is 15.8. The number of benzene rings is 2. The molecule has 2 aromatic rings. The van der Waals surface area contributed by atoms with E-state index >= 15 is 5.25 Å². The predicted octanol–water partition coefficient (Wildman–Crippen LogP) is 9.38. The zero-order chi connectivity index (χ0) is 22.6. The number of fused-ring (bicyclic) bond motifs is 1. The average Bonchev–Trinajstić information content (AvgIpc) is 3.19. The van der Waals surface area contributed by atoms with E-state index in [1.165, 1.54) is 0 Å². The summed E-state index contributed by atoms with van der Waals surface area (Å²) >= 11 is -5.80. The van der Waals surface area contributed by atoms with Gasteiger partial charge < -0.3 is 0 Å². The van der Waals surface area contributed by atoms with Crippen molar-refractivity contribution in [3.05, 3.63) is 87.5 Å². The Morgan fingerprint density at radius 2 is 1.58 bits per heavy atom. The molecule has 0 heterocycles. The third-order valence-corrected chi connectivity index (χ3v) is 16.4. The van der Waals surface area contributed by atoms with E-state index in [2.05, 4.69) is 32.0 Å². The molecule has 0 amide bonds. The second-order valence-corrected chi connectivity index (χ2v) is 16.3. The molecule has 0 N–H and O–H groups in total. The number of halogens is 2. The zero-order valence-corrected chi connectivity index (χ0v) is 21.9. The fourth-order valence-electron chi connectivity index (χ4n) is 5.81. The van der Waals surface area contributed by atoms with Crippen molar-refractivity contribution in [2.45, 2.75) is 61.1 Å². The van der Waals surface area contributed by atoms with Crippen LogP contribution in [0.5, 0.6) is 0 Å². The number of hydrogen-bond acceptors (Lipinski definition) is 0. The number of rotatable bonds is 5. The molecular weight excluding hydrogens is 466 g/mol. The summed E-state index contributed by atoms with van der Waals surface area (Å²) in [6.45, 7) is 11.9. The van der Waals surface area contributed by atoms with Crippen LogP contribution >= 0.6 is 0 Å². The van der Waals surface area contributed by atoms with E-state index in [0.717, 1.165) is 63.0 Å². The van der Waals surface area contributed by atoms with Crippen LogP contribution in [0.15, 0.2) is 76.4 Å². The fourth-order valence-corrected chi connectivity index (χ4v) is 13.9. The molecule has 0 spiro atoms. The Labute approximate surface area is 191 Å². The van der Waals surface area contributed by atoms with Gasteiger partial charge in [0.05, 0.1) is 0 Å². The van der Waals surface area contributed by atoms with Crippen molar-refractivity contribution in [1.29, 1.82) is 0 Å². The van der Waals surface area contributed by atoms with Crippen molar-refractivity contribution in [3.8, 4) is 11.1 Å². The minimum atomic E-state index is -5.80. The predicted molar refractivity (Wildman–Crippen MR) is 125 cm³/mol. The molecule has 2 aromatic carbocycles. The molecular formula is C28H32F2Zr. The first kappa shape index (κ1) is 22.6. The van der Waals surface area contributed by atoms with Crippen molar-refractivity contribution < 1.29 is 26.7 Å². The van der Waals surface area contributed by atoms with Crippen LogP contribution in [-0.4, -0.2) is 0 Å².